The smallest absolute Gasteiger partial charge is 0.243 e. The minimum atomic E-state index is -0.737. The standard InChI is InChI=1S/C25H42N4O5/c1-5-17-6-7-19-21(20(17)23(31)26-4)25(33)29(18(15-30)14-16(2)3)22(19)24(32)27-8-9-28-10-12-34-13-11-28/h6-7,16-22,30H,5,8-15H2,1-4H3,(H,26,31)(H,27,32)/t17-,18-,19+,20-,21-,22+/m1/s1. The van der Waals surface area contributed by atoms with Crippen molar-refractivity contribution in [3.8, 4) is 0 Å². The Kier molecular flexibility index (Phi) is 9.50. The molecule has 6 atom stereocenters. The summed E-state index contributed by atoms with van der Waals surface area (Å²) < 4.78 is 5.38. The second-order valence-corrected chi connectivity index (χ2v) is 10.1. The molecule has 0 aromatic rings. The number of fused-ring (bicyclic) bond motifs is 1. The van der Waals surface area contributed by atoms with Crippen molar-refractivity contribution in [2.24, 2.45) is 29.6 Å². The van der Waals surface area contributed by atoms with E-state index < -0.39 is 29.8 Å². The molecule has 2 fully saturated rings. The fourth-order valence-electron chi connectivity index (χ4n) is 5.84. The Morgan fingerprint density at radius 2 is 1.91 bits per heavy atom. The Hall–Kier alpha value is -1.97. The van der Waals surface area contributed by atoms with E-state index in [1.54, 1.807) is 11.9 Å². The van der Waals surface area contributed by atoms with Crippen LogP contribution in [0.3, 0.4) is 0 Å². The molecule has 2 saturated heterocycles. The number of aliphatic hydroxyl groups excluding tert-OH is 1. The predicted octanol–water partition coefficient (Wildman–Crippen LogP) is 0.243. The number of ether oxygens (including phenoxy) is 1. The van der Waals surface area contributed by atoms with E-state index in [1.165, 1.54) is 0 Å². The summed E-state index contributed by atoms with van der Waals surface area (Å²) in [7, 11) is 1.59. The summed E-state index contributed by atoms with van der Waals surface area (Å²) in [6.45, 7) is 10.1. The van der Waals surface area contributed by atoms with Crippen LogP contribution in [0.2, 0.25) is 0 Å². The van der Waals surface area contributed by atoms with Crippen LogP contribution < -0.4 is 10.6 Å². The zero-order valence-electron chi connectivity index (χ0n) is 21.0. The number of nitrogens with one attached hydrogen (secondary N) is 2. The van der Waals surface area contributed by atoms with Gasteiger partial charge in [-0.1, -0.05) is 32.9 Å². The highest BCUT2D eigenvalue weighted by Gasteiger charge is 2.58. The number of carbonyl (C=O) groups excluding carboxylic acids is 3. The van der Waals surface area contributed by atoms with Crippen LogP contribution in [0.25, 0.3) is 0 Å². The molecule has 0 radical (unpaired) electrons. The van der Waals surface area contributed by atoms with Crippen LogP contribution in [0.15, 0.2) is 12.2 Å². The average Bonchev–Trinajstić information content (AvgIpc) is 3.14. The van der Waals surface area contributed by atoms with Gasteiger partial charge in [-0.2, -0.15) is 0 Å². The van der Waals surface area contributed by atoms with E-state index >= 15 is 0 Å². The third-order valence-corrected chi connectivity index (χ3v) is 7.52. The molecule has 3 N–H and O–H groups in total. The van der Waals surface area contributed by atoms with E-state index in [9.17, 15) is 19.5 Å². The van der Waals surface area contributed by atoms with E-state index in [1.807, 2.05) is 32.9 Å². The van der Waals surface area contributed by atoms with Gasteiger partial charge in [-0.25, -0.2) is 0 Å². The molecule has 3 amide bonds. The van der Waals surface area contributed by atoms with Gasteiger partial charge < -0.3 is 25.4 Å². The van der Waals surface area contributed by atoms with Gasteiger partial charge in [0, 0.05) is 39.1 Å². The van der Waals surface area contributed by atoms with Crippen molar-refractivity contribution >= 4 is 17.7 Å². The third-order valence-electron chi connectivity index (χ3n) is 7.52. The van der Waals surface area contributed by atoms with Crippen LogP contribution in [0.1, 0.15) is 33.6 Å². The highest BCUT2D eigenvalue weighted by atomic mass is 16.5. The Labute approximate surface area is 203 Å². The lowest BCUT2D eigenvalue weighted by molar-refractivity contribution is -0.143. The molecular weight excluding hydrogens is 436 g/mol. The molecule has 3 aliphatic rings. The number of nitrogens with zero attached hydrogens (tertiary/aromatic N) is 2. The Bertz CT molecular complexity index is 752. The fraction of sp³-hybridized carbons (Fsp3) is 0.800. The zero-order valence-corrected chi connectivity index (χ0v) is 21.0. The lowest BCUT2D eigenvalue weighted by Gasteiger charge is -2.34. The Morgan fingerprint density at radius 1 is 1.21 bits per heavy atom. The number of amides is 3. The van der Waals surface area contributed by atoms with Gasteiger partial charge in [-0.05, 0) is 24.7 Å². The second kappa shape index (κ2) is 12.1. The van der Waals surface area contributed by atoms with Crippen molar-refractivity contribution < 1.29 is 24.2 Å². The summed E-state index contributed by atoms with van der Waals surface area (Å²) in [5.41, 5.74) is 0. The summed E-state index contributed by atoms with van der Waals surface area (Å²) in [5, 5.41) is 16.0. The van der Waals surface area contributed by atoms with Crippen molar-refractivity contribution in [3.63, 3.8) is 0 Å². The minimum Gasteiger partial charge on any atom is -0.394 e. The lowest BCUT2D eigenvalue weighted by atomic mass is 9.69. The molecule has 9 heteroatoms. The van der Waals surface area contributed by atoms with Crippen molar-refractivity contribution in [2.75, 3.05) is 53.0 Å². The highest BCUT2D eigenvalue weighted by Crippen LogP contribution is 2.46. The second-order valence-electron chi connectivity index (χ2n) is 10.1. The summed E-state index contributed by atoms with van der Waals surface area (Å²) >= 11 is 0. The van der Waals surface area contributed by atoms with Gasteiger partial charge in [-0.3, -0.25) is 19.3 Å². The summed E-state index contributed by atoms with van der Waals surface area (Å²) in [4.78, 5) is 44.1. The van der Waals surface area contributed by atoms with Crippen molar-refractivity contribution in [2.45, 2.75) is 45.7 Å². The maximum Gasteiger partial charge on any atom is 0.243 e. The van der Waals surface area contributed by atoms with E-state index in [-0.39, 0.29) is 36.2 Å². The number of rotatable bonds is 10. The van der Waals surface area contributed by atoms with E-state index in [4.69, 9.17) is 4.74 Å². The Morgan fingerprint density at radius 3 is 2.50 bits per heavy atom. The monoisotopic (exact) mass is 478 g/mol. The number of hydrogen-bond acceptors (Lipinski definition) is 6. The molecule has 0 aromatic carbocycles. The molecule has 3 rings (SSSR count). The first kappa shape index (κ1) is 26.6. The quantitative estimate of drug-likeness (QED) is 0.388. The molecule has 0 unspecified atom stereocenters. The van der Waals surface area contributed by atoms with Crippen LogP contribution in [0.4, 0.5) is 0 Å². The van der Waals surface area contributed by atoms with Gasteiger partial charge in [0.15, 0.2) is 0 Å². The molecule has 192 valence electrons. The molecule has 9 nitrogen and oxygen atoms in total. The van der Waals surface area contributed by atoms with Gasteiger partial charge in [0.25, 0.3) is 0 Å². The number of likely N-dealkylation sites (tertiary alicyclic amines) is 1. The minimum absolute atomic E-state index is 0.0622. The van der Waals surface area contributed by atoms with E-state index in [2.05, 4.69) is 15.5 Å². The molecule has 34 heavy (non-hydrogen) atoms. The molecule has 2 aliphatic heterocycles. The lowest BCUT2D eigenvalue weighted by Crippen LogP contribution is -2.53. The summed E-state index contributed by atoms with van der Waals surface area (Å²) in [6.07, 6.45) is 5.29. The van der Waals surface area contributed by atoms with Gasteiger partial charge >= 0.3 is 0 Å². The number of aliphatic hydroxyl groups is 1. The van der Waals surface area contributed by atoms with Gasteiger partial charge in [0.1, 0.15) is 6.04 Å². The maximum atomic E-state index is 13.8. The largest absolute Gasteiger partial charge is 0.394 e. The molecule has 1 aliphatic carbocycles. The van der Waals surface area contributed by atoms with Crippen molar-refractivity contribution in [1.82, 2.24) is 20.4 Å². The topological polar surface area (TPSA) is 111 Å². The van der Waals surface area contributed by atoms with E-state index in [0.717, 1.165) is 19.5 Å². The first-order chi connectivity index (χ1) is 16.3. The van der Waals surface area contributed by atoms with Crippen LogP contribution >= 0.6 is 0 Å². The SMILES string of the molecule is CC[C@@H]1C=C[C@H]2[C@@H](C(=O)N([C@@H](CO)CC(C)C)[C@@H]2C(=O)NCCN2CCOCC2)[C@@H]1C(=O)NC. The number of carbonyl (C=O) groups is 3. The molecule has 2 heterocycles. The molecule has 0 bridgehead atoms. The van der Waals surface area contributed by atoms with Crippen LogP contribution in [-0.4, -0.2) is 97.8 Å². The number of hydrogen-bond donors (Lipinski definition) is 3. The normalized spacial score (nSPS) is 30.4. The maximum absolute atomic E-state index is 13.8. The number of morpholine rings is 1. The average molecular weight is 479 g/mol. The first-order valence-corrected chi connectivity index (χ1v) is 12.7. The highest BCUT2D eigenvalue weighted by molar-refractivity contribution is 5.97. The van der Waals surface area contributed by atoms with Crippen LogP contribution in [0, 0.1) is 29.6 Å². The van der Waals surface area contributed by atoms with Gasteiger partial charge in [-0.15, -0.1) is 0 Å². The molecule has 0 aromatic heterocycles. The summed E-state index contributed by atoms with van der Waals surface area (Å²) in [6, 6.07) is -1.20. The summed E-state index contributed by atoms with van der Waals surface area (Å²) in [5.74, 6) is -1.93. The third kappa shape index (κ3) is 5.63. The van der Waals surface area contributed by atoms with Crippen LogP contribution in [-0.2, 0) is 19.1 Å². The van der Waals surface area contributed by atoms with Gasteiger partial charge in [0.2, 0.25) is 17.7 Å². The first-order valence-electron chi connectivity index (χ1n) is 12.7. The van der Waals surface area contributed by atoms with Crippen molar-refractivity contribution in [3.05, 3.63) is 12.2 Å². The van der Waals surface area contributed by atoms with Gasteiger partial charge in [0.05, 0.1) is 37.7 Å². The molecular formula is C25H42N4O5. The fourth-order valence-corrected chi connectivity index (χ4v) is 5.84. The van der Waals surface area contributed by atoms with Crippen LogP contribution in [0.5, 0.6) is 0 Å². The molecule has 0 saturated carbocycles. The zero-order chi connectivity index (χ0) is 24.8. The predicted molar refractivity (Wildman–Crippen MR) is 129 cm³/mol. The molecule has 0 spiro atoms. The van der Waals surface area contributed by atoms with Crippen molar-refractivity contribution in [1.29, 1.82) is 0 Å². The Balaban J connectivity index is 1.86. The van der Waals surface area contributed by atoms with E-state index in [0.29, 0.717) is 32.7 Å². The number of allylic oxidation sites excluding steroid dienone is 1.